The van der Waals surface area contributed by atoms with Gasteiger partial charge in [-0.3, -0.25) is 0 Å². The average molecular weight is 171 g/mol. The van der Waals surface area contributed by atoms with E-state index >= 15 is 0 Å². The van der Waals surface area contributed by atoms with Crippen LogP contribution in [0.3, 0.4) is 0 Å². The fourth-order valence-electron chi connectivity index (χ4n) is 0.721. The smallest absolute Gasteiger partial charge is 0.0351 e. The maximum atomic E-state index is 3.52. The molecule has 0 saturated heterocycles. The quantitative estimate of drug-likeness (QED) is 0.633. The van der Waals surface area contributed by atoms with Crippen LogP contribution in [0.4, 0.5) is 0 Å². The lowest BCUT2D eigenvalue weighted by Gasteiger charge is -2.27. The minimum Gasteiger partial charge on any atom is -0.384 e. The Morgan fingerprint density at radius 1 is 1.36 bits per heavy atom. The van der Waals surface area contributed by atoms with Gasteiger partial charge in [0, 0.05) is 21.5 Å². The number of hydrogen-bond donors (Lipinski definition) is 1. The monoisotopic (exact) mass is 171 g/mol. The van der Waals surface area contributed by atoms with Crippen molar-refractivity contribution >= 4 is 10.2 Å². The predicted octanol–water partition coefficient (Wildman–Crippen LogP) is 1.38. The van der Waals surface area contributed by atoms with E-state index in [1.54, 1.807) is 0 Å². The molecule has 0 rings (SSSR count). The van der Waals surface area contributed by atoms with Crippen molar-refractivity contribution in [2.24, 2.45) is 0 Å². The normalized spacial score (nSPS) is 14.6. The summed E-state index contributed by atoms with van der Waals surface area (Å²) in [5, 5.41) is 5.03. The van der Waals surface area contributed by atoms with E-state index in [9.17, 15) is 0 Å². The molecular weight excluding hydrogens is 150 g/mol. The van der Waals surface area contributed by atoms with E-state index in [1.807, 2.05) is 0 Å². The summed E-state index contributed by atoms with van der Waals surface area (Å²) in [7, 11) is 1.17. The predicted molar refractivity (Wildman–Crippen MR) is 55.8 cm³/mol. The Labute approximate surface area is 73.7 Å². The summed E-state index contributed by atoms with van der Waals surface area (Å²) in [5.41, 5.74) is 1.62. The second-order valence-electron chi connectivity index (χ2n) is 3.99. The van der Waals surface area contributed by atoms with Crippen molar-refractivity contribution in [3.63, 3.8) is 0 Å². The van der Waals surface area contributed by atoms with Crippen LogP contribution in [0.15, 0.2) is 10.9 Å². The second-order valence-corrected chi connectivity index (χ2v) is 5.49. The summed E-state index contributed by atoms with van der Waals surface area (Å²) >= 11 is 0. The molecule has 0 aromatic carbocycles. The summed E-state index contributed by atoms with van der Waals surface area (Å²) < 4.78 is 0. The maximum absolute atomic E-state index is 3.52. The third kappa shape index (κ3) is 4.25. The van der Waals surface area contributed by atoms with Gasteiger partial charge >= 0.3 is 0 Å². The third-order valence-corrected chi connectivity index (χ3v) is 2.91. The van der Waals surface area contributed by atoms with Gasteiger partial charge in [0.1, 0.15) is 0 Å². The summed E-state index contributed by atoms with van der Waals surface area (Å²) in [6, 6.07) is 0. The lowest BCUT2D eigenvalue weighted by atomic mass is 10.0. The highest BCUT2D eigenvalue weighted by molar-refractivity contribution is 6.21. The first-order valence-electron chi connectivity index (χ1n) is 4.31. The van der Waals surface area contributed by atoms with Crippen LogP contribution in [0, 0.1) is 0 Å². The van der Waals surface area contributed by atoms with Crippen LogP contribution in [0.1, 0.15) is 41.0 Å². The highest BCUT2D eigenvalue weighted by Gasteiger charge is 2.13. The van der Waals surface area contributed by atoms with Crippen molar-refractivity contribution in [1.29, 1.82) is 0 Å². The summed E-state index contributed by atoms with van der Waals surface area (Å²) in [5.74, 6) is 0. The molecule has 0 heterocycles. The Kier molecular flexibility index (Phi) is 3.87. The number of allylic oxidation sites excluding steroid dienone is 2. The highest BCUT2D eigenvalue weighted by atomic mass is 28.1. The molecular formula is C9H21NSi. The van der Waals surface area contributed by atoms with Gasteiger partial charge in [-0.2, -0.15) is 0 Å². The molecule has 2 heteroatoms. The van der Waals surface area contributed by atoms with E-state index in [-0.39, 0.29) is 5.54 Å². The molecule has 0 bridgehead atoms. The van der Waals surface area contributed by atoms with E-state index in [4.69, 9.17) is 0 Å². The molecule has 0 unspecified atom stereocenters. The van der Waals surface area contributed by atoms with Gasteiger partial charge in [-0.15, -0.1) is 0 Å². The highest BCUT2D eigenvalue weighted by Crippen LogP contribution is 2.10. The summed E-state index contributed by atoms with van der Waals surface area (Å²) in [4.78, 5) is 0. The van der Waals surface area contributed by atoms with Crippen LogP contribution >= 0.6 is 0 Å². The number of rotatable bonds is 3. The molecule has 0 atom stereocenters. The van der Waals surface area contributed by atoms with Gasteiger partial charge in [0.15, 0.2) is 0 Å². The minimum absolute atomic E-state index is 0.260. The molecule has 0 radical (unpaired) electrons. The fourth-order valence-corrected chi connectivity index (χ4v) is 0.846. The average Bonchev–Trinajstić information content (AvgIpc) is 1.87. The lowest BCUT2D eigenvalue weighted by Crippen LogP contribution is -2.37. The molecule has 0 aliphatic carbocycles. The van der Waals surface area contributed by atoms with Crippen LogP contribution in [-0.2, 0) is 0 Å². The Bertz CT molecular complexity index is 155. The molecule has 0 fully saturated rings. The molecule has 11 heavy (non-hydrogen) atoms. The van der Waals surface area contributed by atoms with Crippen molar-refractivity contribution in [2.45, 2.75) is 46.6 Å². The first kappa shape index (κ1) is 10.8. The Balaban J connectivity index is 4.15. The first-order chi connectivity index (χ1) is 4.89. The van der Waals surface area contributed by atoms with Crippen molar-refractivity contribution < 1.29 is 0 Å². The fraction of sp³-hybridized carbons (Fsp3) is 0.778. The summed E-state index contributed by atoms with van der Waals surface area (Å²) in [6.07, 6.45) is 1.17. The van der Waals surface area contributed by atoms with E-state index < -0.39 is 0 Å². The molecule has 0 spiro atoms. The van der Waals surface area contributed by atoms with Gasteiger partial charge in [-0.05, 0) is 34.1 Å². The first-order valence-corrected chi connectivity index (χ1v) is 5.31. The Hall–Kier alpha value is -0.243. The molecule has 1 N–H and O–H groups in total. The van der Waals surface area contributed by atoms with Gasteiger partial charge in [0.2, 0.25) is 0 Å². The van der Waals surface area contributed by atoms with Gasteiger partial charge in [0.25, 0.3) is 0 Å². The maximum Gasteiger partial charge on any atom is 0.0351 e. The molecule has 1 nitrogen and oxygen atoms in total. The largest absolute Gasteiger partial charge is 0.384 e. The SMILES string of the molecule is CCC(C)(C)NC(C)=C(C)[SiH3]. The Morgan fingerprint density at radius 3 is 2.09 bits per heavy atom. The second kappa shape index (κ2) is 3.95. The number of hydrogen-bond acceptors (Lipinski definition) is 1. The zero-order chi connectivity index (χ0) is 9.07. The van der Waals surface area contributed by atoms with Crippen LogP contribution in [0.5, 0.6) is 0 Å². The molecule has 0 amide bonds. The van der Waals surface area contributed by atoms with Crippen LogP contribution in [0.2, 0.25) is 0 Å². The van der Waals surface area contributed by atoms with Gasteiger partial charge in [-0.25, -0.2) is 0 Å². The summed E-state index contributed by atoms with van der Waals surface area (Å²) in [6.45, 7) is 11.0. The van der Waals surface area contributed by atoms with Gasteiger partial charge in [0.05, 0.1) is 0 Å². The molecule has 0 aliphatic heterocycles. The molecule has 0 saturated carbocycles. The van der Waals surface area contributed by atoms with E-state index in [0.29, 0.717) is 0 Å². The van der Waals surface area contributed by atoms with Crippen molar-refractivity contribution in [3.05, 3.63) is 10.9 Å². The topological polar surface area (TPSA) is 12.0 Å². The van der Waals surface area contributed by atoms with Gasteiger partial charge < -0.3 is 5.32 Å². The van der Waals surface area contributed by atoms with E-state index in [2.05, 4.69) is 39.9 Å². The molecule has 66 valence electrons. The van der Waals surface area contributed by atoms with E-state index in [1.165, 1.54) is 27.6 Å². The third-order valence-electron chi connectivity index (χ3n) is 2.16. The van der Waals surface area contributed by atoms with Crippen LogP contribution in [0.25, 0.3) is 0 Å². The van der Waals surface area contributed by atoms with E-state index in [0.717, 1.165) is 0 Å². The van der Waals surface area contributed by atoms with Crippen molar-refractivity contribution in [1.82, 2.24) is 5.32 Å². The molecule has 0 aromatic heterocycles. The van der Waals surface area contributed by atoms with Crippen LogP contribution in [-0.4, -0.2) is 15.8 Å². The van der Waals surface area contributed by atoms with Crippen molar-refractivity contribution in [3.8, 4) is 0 Å². The minimum atomic E-state index is 0.260. The molecule has 0 aromatic rings. The lowest BCUT2D eigenvalue weighted by molar-refractivity contribution is 0.414. The zero-order valence-electron chi connectivity index (χ0n) is 8.71. The zero-order valence-corrected chi connectivity index (χ0v) is 10.7. The number of nitrogens with one attached hydrogen (secondary N) is 1. The van der Waals surface area contributed by atoms with Crippen LogP contribution < -0.4 is 5.32 Å². The Morgan fingerprint density at radius 2 is 1.82 bits per heavy atom. The molecule has 0 aliphatic rings. The van der Waals surface area contributed by atoms with Crippen molar-refractivity contribution in [2.75, 3.05) is 0 Å². The standard InChI is InChI=1S/C9H21NSi/c1-6-9(4,5)10-7(2)8(3)11/h10H,6H2,1-5,11H3. The van der Waals surface area contributed by atoms with Gasteiger partial charge in [-0.1, -0.05) is 12.1 Å².